The van der Waals surface area contributed by atoms with Gasteiger partial charge in [0.2, 0.25) is 0 Å². The second kappa shape index (κ2) is 7.97. The van der Waals surface area contributed by atoms with Gasteiger partial charge < -0.3 is 5.73 Å². The lowest BCUT2D eigenvalue weighted by Crippen LogP contribution is -2.26. The molecular formula is C24H24FN9O. The van der Waals surface area contributed by atoms with E-state index in [1.54, 1.807) is 15.4 Å². The minimum absolute atomic E-state index is 0.0490. The third-order valence-corrected chi connectivity index (χ3v) is 6.16. The molecule has 0 bridgehead atoms. The van der Waals surface area contributed by atoms with E-state index in [1.165, 1.54) is 24.5 Å². The van der Waals surface area contributed by atoms with Crippen LogP contribution in [-0.2, 0) is 13.1 Å². The van der Waals surface area contributed by atoms with E-state index >= 15 is 0 Å². The average Bonchev–Trinajstić information content (AvgIpc) is 3.43. The summed E-state index contributed by atoms with van der Waals surface area (Å²) in [6.07, 6.45) is 6.84. The van der Waals surface area contributed by atoms with Gasteiger partial charge in [0.15, 0.2) is 5.65 Å². The maximum atomic E-state index is 13.8. The summed E-state index contributed by atoms with van der Waals surface area (Å²) in [5.74, 6) is 0.839. The van der Waals surface area contributed by atoms with Crippen molar-refractivity contribution in [3.63, 3.8) is 0 Å². The highest BCUT2D eigenvalue weighted by atomic mass is 19.1. The molecule has 1 aliphatic carbocycles. The number of hydrogen-bond acceptors (Lipinski definition) is 7. The maximum Gasteiger partial charge on any atom is 0.261 e. The quantitative estimate of drug-likeness (QED) is 0.402. The first kappa shape index (κ1) is 21.4. The lowest BCUT2D eigenvalue weighted by Gasteiger charge is -2.13. The van der Waals surface area contributed by atoms with Crippen molar-refractivity contribution in [3.8, 4) is 11.3 Å². The second-order valence-corrected chi connectivity index (χ2v) is 9.40. The van der Waals surface area contributed by atoms with Crippen molar-refractivity contribution in [3.05, 3.63) is 58.9 Å². The summed E-state index contributed by atoms with van der Waals surface area (Å²) in [4.78, 5) is 26.6. The van der Waals surface area contributed by atoms with Crippen LogP contribution in [0.4, 0.5) is 10.2 Å². The van der Waals surface area contributed by atoms with Gasteiger partial charge in [0.25, 0.3) is 5.56 Å². The van der Waals surface area contributed by atoms with E-state index in [9.17, 15) is 9.18 Å². The highest BCUT2D eigenvalue weighted by Crippen LogP contribution is 2.35. The third kappa shape index (κ3) is 3.72. The van der Waals surface area contributed by atoms with Crippen molar-refractivity contribution in [2.45, 2.75) is 45.8 Å². The lowest BCUT2D eigenvalue weighted by molar-refractivity contribution is 0.483. The summed E-state index contributed by atoms with van der Waals surface area (Å²) >= 11 is 0. The molecule has 6 rings (SSSR count). The van der Waals surface area contributed by atoms with Crippen molar-refractivity contribution in [2.24, 2.45) is 5.92 Å². The molecule has 178 valence electrons. The number of halogens is 1. The van der Waals surface area contributed by atoms with Gasteiger partial charge >= 0.3 is 0 Å². The molecule has 0 aliphatic heterocycles. The van der Waals surface area contributed by atoms with Gasteiger partial charge in [0.1, 0.15) is 36.0 Å². The first-order valence-corrected chi connectivity index (χ1v) is 11.6. The molecule has 1 saturated carbocycles. The molecule has 1 fully saturated rings. The zero-order chi connectivity index (χ0) is 24.3. The Morgan fingerprint density at radius 3 is 2.83 bits per heavy atom. The minimum atomic E-state index is -0.459. The van der Waals surface area contributed by atoms with E-state index in [-0.39, 0.29) is 23.5 Å². The molecule has 0 amide bonds. The standard InChI is InChI=1S/C24H24FN9O/c1-13(2)9-32-10-14(8-29-32)21-20-22(26)27-12-28-23(20)33(31-21)11-19-30-18-6-3-15(25)7-17(18)24(35)34(19)16-4-5-16/h3,6-8,10,12-13,16H,4-5,9,11H2,1-2H3,(H2,26,27,28). The lowest BCUT2D eigenvalue weighted by atomic mass is 10.2. The zero-order valence-electron chi connectivity index (χ0n) is 19.4. The maximum absolute atomic E-state index is 13.8. The normalized spacial score (nSPS) is 13.9. The fraction of sp³-hybridized carbons (Fsp3) is 0.333. The van der Waals surface area contributed by atoms with Crippen molar-refractivity contribution in [1.82, 2.24) is 39.1 Å². The van der Waals surface area contributed by atoms with Crippen LogP contribution in [0.5, 0.6) is 0 Å². The summed E-state index contributed by atoms with van der Waals surface area (Å²) in [7, 11) is 0. The molecule has 0 radical (unpaired) electrons. The average molecular weight is 474 g/mol. The zero-order valence-corrected chi connectivity index (χ0v) is 19.4. The van der Waals surface area contributed by atoms with Crippen molar-refractivity contribution < 1.29 is 4.39 Å². The summed E-state index contributed by atoms with van der Waals surface area (Å²) in [5, 5.41) is 10.2. The van der Waals surface area contributed by atoms with Gasteiger partial charge in [-0.25, -0.2) is 24.0 Å². The molecule has 0 spiro atoms. The number of benzene rings is 1. The van der Waals surface area contributed by atoms with Crippen LogP contribution in [0.25, 0.3) is 33.2 Å². The topological polar surface area (TPSA) is 122 Å². The van der Waals surface area contributed by atoms with Gasteiger partial charge in [-0.15, -0.1) is 0 Å². The molecular weight excluding hydrogens is 449 g/mol. The predicted octanol–water partition coefficient (Wildman–Crippen LogP) is 3.16. The Bertz CT molecular complexity index is 1640. The van der Waals surface area contributed by atoms with Crippen LogP contribution in [0.1, 0.15) is 38.6 Å². The Labute approximate surface area is 199 Å². The molecule has 4 aromatic heterocycles. The number of hydrogen-bond donors (Lipinski definition) is 1. The van der Waals surface area contributed by atoms with E-state index < -0.39 is 5.82 Å². The molecule has 0 unspecified atom stereocenters. The highest BCUT2D eigenvalue weighted by molar-refractivity contribution is 5.98. The van der Waals surface area contributed by atoms with E-state index in [0.717, 1.165) is 24.9 Å². The molecule has 5 aromatic rings. The number of anilines is 1. The number of aromatic nitrogens is 8. The second-order valence-electron chi connectivity index (χ2n) is 9.40. The Morgan fingerprint density at radius 2 is 2.06 bits per heavy atom. The molecule has 11 heteroatoms. The minimum Gasteiger partial charge on any atom is -0.383 e. The van der Waals surface area contributed by atoms with E-state index in [0.29, 0.717) is 39.8 Å². The number of nitrogen functional groups attached to an aromatic ring is 1. The van der Waals surface area contributed by atoms with Gasteiger partial charge in [-0.2, -0.15) is 10.2 Å². The van der Waals surface area contributed by atoms with Crippen LogP contribution in [0, 0.1) is 11.7 Å². The SMILES string of the molecule is CC(C)Cn1cc(-c2nn(Cc3nc4ccc(F)cc4c(=O)n3C3CC3)c3ncnc(N)c23)cn1. The van der Waals surface area contributed by atoms with Crippen LogP contribution in [0.3, 0.4) is 0 Å². The number of fused-ring (bicyclic) bond motifs is 2. The van der Waals surface area contributed by atoms with Crippen LogP contribution < -0.4 is 11.3 Å². The molecule has 0 saturated heterocycles. The molecule has 4 heterocycles. The first-order valence-electron chi connectivity index (χ1n) is 11.6. The molecule has 0 atom stereocenters. The van der Waals surface area contributed by atoms with Gasteiger partial charge in [-0.05, 0) is 37.0 Å². The van der Waals surface area contributed by atoms with Crippen LogP contribution >= 0.6 is 0 Å². The molecule has 2 N–H and O–H groups in total. The summed E-state index contributed by atoms with van der Waals surface area (Å²) < 4.78 is 19.1. The Balaban J connectivity index is 1.50. The van der Waals surface area contributed by atoms with Crippen LogP contribution in [0.15, 0.2) is 41.7 Å². The van der Waals surface area contributed by atoms with Crippen LogP contribution in [0.2, 0.25) is 0 Å². The predicted molar refractivity (Wildman–Crippen MR) is 129 cm³/mol. The fourth-order valence-electron chi connectivity index (χ4n) is 4.47. The molecule has 1 aromatic carbocycles. The van der Waals surface area contributed by atoms with Crippen molar-refractivity contribution >= 4 is 27.8 Å². The Kier molecular flexibility index (Phi) is 4.87. The van der Waals surface area contributed by atoms with E-state index in [4.69, 9.17) is 15.8 Å². The monoisotopic (exact) mass is 473 g/mol. The fourth-order valence-corrected chi connectivity index (χ4v) is 4.47. The number of nitrogens with zero attached hydrogens (tertiary/aromatic N) is 8. The highest BCUT2D eigenvalue weighted by Gasteiger charge is 2.29. The van der Waals surface area contributed by atoms with Crippen LogP contribution in [-0.4, -0.2) is 39.1 Å². The smallest absolute Gasteiger partial charge is 0.261 e. The van der Waals surface area contributed by atoms with Gasteiger partial charge in [0, 0.05) is 24.3 Å². The molecule has 35 heavy (non-hydrogen) atoms. The molecule has 1 aliphatic rings. The van der Waals surface area contributed by atoms with Gasteiger partial charge in [-0.1, -0.05) is 13.8 Å². The van der Waals surface area contributed by atoms with Crippen molar-refractivity contribution in [1.29, 1.82) is 0 Å². The first-order chi connectivity index (χ1) is 16.9. The number of nitrogens with two attached hydrogens (primary N) is 1. The van der Waals surface area contributed by atoms with E-state index in [1.807, 2.05) is 10.9 Å². The Morgan fingerprint density at radius 1 is 1.23 bits per heavy atom. The van der Waals surface area contributed by atoms with Gasteiger partial charge in [0.05, 0.1) is 22.5 Å². The summed E-state index contributed by atoms with van der Waals surface area (Å²) in [6.45, 7) is 5.23. The summed E-state index contributed by atoms with van der Waals surface area (Å²) in [6, 6.07) is 4.14. The molecule has 10 nitrogen and oxygen atoms in total. The summed E-state index contributed by atoms with van der Waals surface area (Å²) in [5.41, 5.74) is 8.42. The van der Waals surface area contributed by atoms with Gasteiger partial charge in [-0.3, -0.25) is 14.0 Å². The Hall–Kier alpha value is -4.15. The number of rotatable bonds is 6. The van der Waals surface area contributed by atoms with E-state index in [2.05, 4.69) is 28.9 Å². The van der Waals surface area contributed by atoms with Crippen molar-refractivity contribution in [2.75, 3.05) is 5.73 Å². The largest absolute Gasteiger partial charge is 0.383 e. The third-order valence-electron chi connectivity index (χ3n) is 6.16.